The number of unbranched alkanes of at least 4 members (excludes halogenated alkanes) is 37. The van der Waals surface area contributed by atoms with Crippen molar-refractivity contribution in [2.24, 2.45) is 0 Å². The van der Waals surface area contributed by atoms with Crippen molar-refractivity contribution in [1.29, 1.82) is 0 Å². The Hall–Kier alpha value is -2.37. The highest BCUT2D eigenvalue weighted by Crippen LogP contribution is 2.16. The molecule has 0 aliphatic heterocycles. The first kappa shape index (κ1) is 63.6. The minimum Gasteiger partial charge on any atom is -0.462 e. The van der Waals surface area contributed by atoms with Gasteiger partial charge in [-0.2, -0.15) is 0 Å². The van der Waals surface area contributed by atoms with Crippen LogP contribution in [0.25, 0.3) is 0 Å². The van der Waals surface area contributed by atoms with Crippen molar-refractivity contribution in [3.8, 4) is 0 Å². The molecule has 0 aromatic rings. The number of esters is 3. The van der Waals surface area contributed by atoms with Gasteiger partial charge in [0.1, 0.15) is 13.2 Å². The smallest absolute Gasteiger partial charge is 0.306 e. The Bertz CT molecular complexity index is 1110. The van der Waals surface area contributed by atoms with Crippen LogP contribution in [-0.4, -0.2) is 37.2 Å². The minimum absolute atomic E-state index is 0.0753. The van der Waals surface area contributed by atoms with Gasteiger partial charge in [0.05, 0.1) is 0 Å². The van der Waals surface area contributed by atoms with Crippen molar-refractivity contribution in [2.75, 3.05) is 13.2 Å². The second-order valence-electron chi connectivity index (χ2n) is 19.6. The molecule has 0 aliphatic carbocycles. The summed E-state index contributed by atoms with van der Waals surface area (Å²) in [5, 5.41) is 0. The highest BCUT2D eigenvalue weighted by atomic mass is 16.6. The molecule has 386 valence electrons. The van der Waals surface area contributed by atoms with Gasteiger partial charge in [-0.3, -0.25) is 14.4 Å². The second-order valence-corrected chi connectivity index (χ2v) is 19.6. The number of ether oxygens (including phenoxy) is 3. The minimum atomic E-state index is -0.778. The molecule has 0 aromatic heterocycles. The van der Waals surface area contributed by atoms with Gasteiger partial charge >= 0.3 is 17.9 Å². The maximum atomic E-state index is 12.8. The molecule has 1 unspecified atom stereocenters. The van der Waals surface area contributed by atoms with Crippen LogP contribution in [0, 0.1) is 0 Å². The Labute approximate surface area is 410 Å². The predicted octanol–water partition coefficient (Wildman–Crippen LogP) is 19.3. The van der Waals surface area contributed by atoms with Gasteiger partial charge in [-0.15, -0.1) is 0 Å². The first-order chi connectivity index (χ1) is 32.5. The zero-order chi connectivity index (χ0) is 47.9. The third-order valence-electron chi connectivity index (χ3n) is 12.9. The maximum Gasteiger partial charge on any atom is 0.306 e. The molecule has 0 aromatic carbocycles. The fraction of sp³-hybridized carbons (Fsp3) is 0.850. The Morgan fingerprint density at radius 3 is 0.864 bits per heavy atom. The molecule has 0 fully saturated rings. The summed E-state index contributed by atoms with van der Waals surface area (Å²) in [6, 6.07) is 0. The van der Waals surface area contributed by atoms with E-state index in [1.54, 1.807) is 0 Å². The van der Waals surface area contributed by atoms with Crippen LogP contribution < -0.4 is 0 Å². The number of hydrogen-bond donors (Lipinski definition) is 0. The fourth-order valence-electron chi connectivity index (χ4n) is 8.49. The van der Waals surface area contributed by atoms with Crippen LogP contribution in [0.15, 0.2) is 36.5 Å². The molecule has 0 saturated heterocycles. The van der Waals surface area contributed by atoms with Crippen LogP contribution in [-0.2, 0) is 28.6 Å². The molecule has 0 aliphatic rings. The lowest BCUT2D eigenvalue weighted by molar-refractivity contribution is -0.167. The predicted molar refractivity (Wildman–Crippen MR) is 284 cm³/mol. The molecular weight excluding hydrogens is 817 g/mol. The first-order valence-corrected chi connectivity index (χ1v) is 29.0. The van der Waals surface area contributed by atoms with E-state index >= 15 is 0 Å². The molecule has 0 amide bonds. The van der Waals surface area contributed by atoms with E-state index in [-0.39, 0.29) is 31.1 Å². The van der Waals surface area contributed by atoms with Gasteiger partial charge in [0.15, 0.2) is 6.10 Å². The quantitative estimate of drug-likeness (QED) is 0.0199. The molecule has 0 saturated carbocycles. The standard InChI is InChI=1S/C60H110O6/c1-4-7-10-13-16-19-22-25-28-29-30-33-35-38-41-44-47-50-53-59(62)65-56-57(66-60(63)54-51-48-45-42-39-36-32-27-24-21-18-15-12-9-6-3)55-64-58(61)52-49-46-43-40-37-34-31-26-23-20-17-14-11-8-5-2/h21,24,28-30,33,57H,4-20,22-23,25-27,31-32,34-56H2,1-3H3/b24-21-,29-28-,33-30-. The zero-order valence-electron chi connectivity index (χ0n) is 44.2. The lowest BCUT2D eigenvalue weighted by Gasteiger charge is -2.18. The molecule has 1 atom stereocenters. The van der Waals surface area contributed by atoms with E-state index in [0.717, 1.165) is 77.0 Å². The van der Waals surface area contributed by atoms with E-state index in [9.17, 15) is 14.4 Å². The largest absolute Gasteiger partial charge is 0.462 e. The van der Waals surface area contributed by atoms with E-state index in [1.807, 2.05) is 0 Å². The molecular formula is C60H110O6. The van der Waals surface area contributed by atoms with E-state index in [2.05, 4.69) is 57.2 Å². The Morgan fingerprint density at radius 1 is 0.303 bits per heavy atom. The molecule has 0 radical (unpaired) electrons. The summed E-state index contributed by atoms with van der Waals surface area (Å²) < 4.78 is 16.9. The molecule has 0 bridgehead atoms. The van der Waals surface area contributed by atoms with Crippen molar-refractivity contribution in [2.45, 2.75) is 316 Å². The van der Waals surface area contributed by atoms with Crippen molar-refractivity contribution >= 4 is 17.9 Å². The molecule has 0 heterocycles. The van der Waals surface area contributed by atoms with E-state index < -0.39 is 6.10 Å². The average molecular weight is 928 g/mol. The van der Waals surface area contributed by atoms with Crippen LogP contribution in [0.4, 0.5) is 0 Å². The van der Waals surface area contributed by atoms with Crippen LogP contribution in [0.3, 0.4) is 0 Å². The lowest BCUT2D eigenvalue weighted by Crippen LogP contribution is -2.30. The van der Waals surface area contributed by atoms with E-state index in [0.29, 0.717) is 19.3 Å². The van der Waals surface area contributed by atoms with Gasteiger partial charge in [-0.1, -0.05) is 256 Å². The monoisotopic (exact) mass is 927 g/mol. The van der Waals surface area contributed by atoms with Crippen LogP contribution in [0.1, 0.15) is 310 Å². The van der Waals surface area contributed by atoms with Gasteiger partial charge in [0.2, 0.25) is 0 Å². The SMILES string of the molecule is CCCCCC/C=C\CCCCCCCCCC(=O)OC(COC(=O)CCCCCCC/C=C\C=C/CCCCCCCCC)COC(=O)CCCCCCCCCCCCCCCCC. The van der Waals surface area contributed by atoms with E-state index in [4.69, 9.17) is 14.2 Å². The van der Waals surface area contributed by atoms with Gasteiger partial charge in [0, 0.05) is 19.3 Å². The van der Waals surface area contributed by atoms with Crippen molar-refractivity contribution < 1.29 is 28.6 Å². The van der Waals surface area contributed by atoms with Crippen molar-refractivity contribution in [3.63, 3.8) is 0 Å². The van der Waals surface area contributed by atoms with Crippen LogP contribution in [0.5, 0.6) is 0 Å². The summed E-state index contributed by atoms with van der Waals surface area (Å²) >= 11 is 0. The number of rotatable bonds is 53. The molecule has 0 spiro atoms. The van der Waals surface area contributed by atoms with Crippen LogP contribution >= 0.6 is 0 Å². The van der Waals surface area contributed by atoms with Gasteiger partial charge in [0.25, 0.3) is 0 Å². The first-order valence-electron chi connectivity index (χ1n) is 29.0. The number of carbonyl (C=O) groups excluding carboxylic acids is 3. The van der Waals surface area contributed by atoms with Crippen molar-refractivity contribution in [1.82, 2.24) is 0 Å². The molecule has 0 N–H and O–H groups in total. The zero-order valence-corrected chi connectivity index (χ0v) is 44.2. The summed E-state index contributed by atoms with van der Waals surface area (Å²) in [4.78, 5) is 38.1. The molecule has 6 nitrogen and oxygen atoms in total. The Balaban J connectivity index is 4.37. The summed E-state index contributed by atoms with van der Waals surface area (Å²) in [6.07, 6.45) is 65.6. The third-order valence-corrected chi connectivity index (χ3v) is 12.9. The normalized spacial score (nSPS) is 12.2. The Kier molecular flexibility index (Phi) is 53.2. The van der Waals surface area contributed by atoms with Gasteiger partial charge in [-0.25, -0.2) is 0 Å². The average Bonchev–Trinajstić information content (AvgIpc) is 3.31. The molecule has 6 heteroatoms. The maximum absolute atomic E-state index is 12.8. The topological polar surface area (TPSA) is 78.9 Å². The second kappa shape index (κ2) is 55.2. The van der Waals surface area contributed by atoms with Gasteiger partial charge in [-0.05, 0) is 70.6 Å². The molecule has 66 heavy (non-hydrogen) atoms. The van der Waals surface area contributed by atoms with Gasteiger partial charge < -0.3 is 14.2 Å². The highest BCUT2D eigenvalue weighted by molar-refractivity contribution is 5.71. The number of allylic oxidation sites excluding steroid dienone is 6. The van der Waals surface area contributed by atoms with Crippen LogP contribution in [0.2, 0.25) is 0 Å². The van der Waals surface area contributed by atoms with Crippen molar-refractivity contribution in [3.05, 3.63) is 36.5 Å². The van der Waals surface area contributed by atoms with E-state index in [1.165, 1.54) is 193 Å². The number of carbonyl (C=O) groups is 3. The third kappa shape index (κ3) is 52.6. The summed E-state index contributed by atoms with van der Waals surface area (Å²) in [7, 11) is 0. The summed E-state index contributed by atoms with van der Waals surface area (Å²) in [5.41, 5.74) is 0. The molecule has 0 rings (SSSR count). The summed E-state index contributed by atoms with van der Waals surface area (Å²) in [5.74, 6) is -0.878. The number of hydrogen-bond acceptors (Lipinski definition) is 6. The lowest BCUT2D eigenvalue weighted by atomic mass is 10.0. The highest BCUT2D eigenvalue weighted by Gasteiger charge is 2.19. The Morgan fingerprint density at radius 2 is 0.545 bits per heavy atom. The summed E-state index contributed by atoms with van der Waals surface area (Å²) in [6.45, 7) is 6.65. The fourth-order valence-corrected chi connectivity index (χ4v) is 8.49.